The van der Waals surface area contributed by atoms with Gasteiger partial charge in [0.2, 0.25) is 11.8 Å². The van der Waals surface area contributed by atoms with E-state index in [4.69, 9.17) is 9.47 Å². The molecule has 7 atom stereocenters. The number of carbonyl (C=O) groups is 3. The van der Waals surface area contributed by atoms with Gasteiger partial charge < -0.3 is 45.2 Å². The van der Waals surface area contributed by atoms with Crippen LogP contribution < -0.4 is 10.6 Å². The number of aliphatic hydroxyl groups is 2. The fraction of sp³-hybridized carbons (Fsp3) is 0.679. The number of aromatic hydroxyl groups is 1. The molecule has 0 spiro atoms. The first-order valence-electron chi connectivity index (χ1n) is 14.4. The van der Waals surface area contributed by atoms with E-state index < -0.39 is 36.6 Å². The molecule has 4 saturated heterocycles. The van der Waals surface area contributed by atoms with Crippen LogP contribution in [0.15, 0.2) is 24.3 Å². The topological polar surface area (TPSA) is 164 Å². The van der Waals surface area contributed by atoms with Gasteiger partial charge in [-0.05, 0) is 26.3 Å². The van der Waals surface area contributed by atoms with E-state index in [1.807, 2.05) is 24.8 Å². The first kappa shape index (κ1) is 29.5. The van der Waals surface area contributed by atoms with E-state index in [-0.39, 0.29) is 61.7 Å². The van der Waals surface area contributed by atoms with E-state index >= 15 is 0 Å². The van der Waals surface area contributed by atoms with Crippen molar-refractivity contribution in [1.82, 2.24) is 25.3 Å². The highest BCUT2D eigenvalue weighted by atomic mass is 16.5. The van der Waals surface area contributed by atoms with Crippen LogP contribution in [0.25, 0.3) is 0 Å². The normalized spacial score (nSPS) is 33.2. The number of phenolic OH excluding ortho intramolecular Hbond substituents is 1. The van der Waals surface area contributed by atoms with Crippen LogP contribution in [0.5, 0.6) is 5.75 Å². The number of phenols is 1. The predicted octanol–water partition coefficient (Wildman–Crippen LogP) is -1.01. The summed E-state index contributed by atoms with van der Waals surface area (Å²) in [6.45, 7) is 5.46. The number of hydrogen-bond donors (Lipinski definition) is 5. The van der Waals surface area contributed by atoms with Gasteiger partial charge in [-0.25, -0.2) is 4.79 Å². The van der Waals surface area contributed by atoms with Gasteiger partial charge in [-0.2, -0.15) is 0 Å². The van der Waals surface area contributed by atoms with Crippen molar-refractivity contribution in [2.45, 2.75) is 81.9 Å². The second kappa shape index (κ2) is 12.5. The third-order valence-corrected chi connectivity index (χ3v) is 8.24. The summed E-state index contributed by atoms with van der Waals surface area (Å²) in [7, 11) is 0. The summed E-state index contributed by atoms with van der Waals surface area (Å²) in [6.07, 6.45) is -4.71. The minimum atomic E-state index is -1.30. The third-order valence-electron chi connectivity index (χ3n) is 8.24. The summed E-state index contributed by atoms with van der Waals surface area (Å²) in [5.74, 6) is -0.323. The first-order chi connectivity index (χ1) is 19.6. The van der Waals surface area contributed by atoms with Crippen molar-refractivity contribution in [3.63, 3.8) is 0 Å². The molecule has 41 heavy (non-hydrogen) atoms. The largest absolute Gasteiger partial charge is 0.508 e. The minimum Gasteiger partial charge on any atom is -0.508 e. The molecule has 0 unspecified atom stereocenters. The Bertz CT molecular complexity index is 1120. The van der Waals surface area contributed by atoms with Crippen LogP contribution >= 0.6 is 0 Å². The van der Waals surface area contributed by atoms with Crippen molar-refractivity contribution in [3.05, 3.63) is 29.8 Å². The number of likely N-dealkylation sites (tertiary alicyclic amines) is 1. The van der Waals surface area contributed by atoms with E-state index in [1.54, 1.807) is 23.1 Å². The Morgan fingerprint density at radius 3 is 2.61 bits per heavy atom. The number of para-hydroxylation sites is 1. The monoisotopic (exact) mass is 575 g/mol. The molecule has 4 fully saturated rings. The number of hydrogen-bond acceptors (Lipinski definition) is 9. The molecule has 0 radical (unpaired) electrons. The molecule has 5 rings (SSSR count). The number of amides is 4. The Kier molecular flexibility index (Phi) is 9.00. The lowest BCUT2D eigenvalue weighted by Gasteiger charge is -2.38. The van der Waals surface area contributed by atoms with Crippen LogP contribution in [0.4, 0.5) is 4.79 Å². The van der Waals surface area contributed by atoms with Crippen LogP contribution in [0.3, 0.4) is 0 Å². The molecule has 0 aromatic heterocycles. The molecule has 4 aliphatic rings. The highest BCUT2D eigenvalue weighted by molar-refractivity contribution is 5.83. The van der Waals surface area contributed by atoms with Crippen molar-refractivity contribution < 1.29 is 39.2 Å². The molecule has 0 aliphatic carbocycles. The number of rotatable bonds is 3. The van der Waals surface area contributed by atoms with Crippen molar-refractivity contribution >= 4 is 17.8 Å². The summed E-state index contributed by atoms with van der Waals surface area (Å²) in [5, 5.41) is 37.6. The summed E-state index contributed by atoms with van der Waals surface area (Å²) in [4.78, 5) is 45.3. The number of urea groups is 1. The molecule has 13 heteroatoms. The Morgan fingerprint density at radius 2 is 1.85 bits per heavy atom. The maximum Gasteiger partial charge on any atom is 0.317 e. The SMILES string of the molecule is CC(C)NC(=O)N1C[C@@H]2CN(CCO2)C(=O)[C@@H]2C[C@@H](CN2Cc2ccccc2O)NC(=O)C[C@@H]2O[C@H](C1)[C@@H](O)[C@H]2O. The van der Waals surface area contributed by atoms with Crippen molar-refractivity contribution in [2.75, 3.05) is 39.3 Å². The van der Waals surface area contributed by atoms with Gasteiger partial charge in [0, 0.05) is 43.8 Å². The number of morpholine rings is 1. The molecule has 4 heterocycles. The summed E-state index contributed by atoms with van der Waals surface area (Å²) >= 11 is 0. The first-order valence-corrected chi connectivity index (χ1v) is 14.4. The van der Waals surface area contributed by atoms with Gasteiger partial charge in [-0.15, -0.1) is 0 Å². The number of nitrogens with one attached hydrogen (secondary N) is 2. The molecule has 226 valence electrons. The van der Waals surface area contributed by atoms with Gasteiger partial charge in [0.05, 0.1) is 44.4 Å². The number of benzene rings is 1. The number of ether oxygens (including phenoxy) is 2. The molecule has 1 aromatic carbocycles. The minimum absolute atomic E-state index is 0.0255. The Morgan fingerprint density at radius 1 is 1.10 bits per heavy atom. The average Bonchev–Trinajstić information content (AvgIpc) is 3.43. The fourth-order valence-corrected chi connectivity index (χ4v) is 6.20. The summed E-state index contributed by atoms with van der Waals surface area (Å²) in [6, 6.07) is 5.58. The molecule has 0 saturated carbocycles. The maximum atomic E-state index is 13.9. The van der Waals surface area contributed by atoms with Crippen molar-refractivity contribution in [1.29, 1.82) is 0 Å². The smallest absolute Gasteiger partial charge is 0.317 e. The number of aliphatic hydroxyl groups excluding tert-OH is 2. The van der Waals surface area contributed by atoms with Gasteiger partial charge in [0.1, 0.15) is 24.1 Å². The zero-order valence-electron chi connectivity index (χ0n) is 23.5. The second-order valence-electron chi connectivity index (χ2n) is 11.8. The van der Waals surface area contributed by atoms with E-state index in [1.165, 1.54) is 4.90 Å². The summed E-state index contributed by atoms with van der Waals surface area (Å²) in [5.41, 5.74) is 0.678. The molecule has 5 N–H and O–H groups in total. The third kappa shape index (κ3) is 6.75. The lowest BCUT2D eigenvalue weighted by Crippen LogP contribution is -2.56. The second-order valence-corrected chi connectivity index (χ2v) is 11.8. The number of nitrogens with zero attached hydrogens (tertiary/aromatic N) is 3. The van der Waals surface area contributed by atoms with Gasteiger partial charge in [-0.1, -0.05) is 18.2 Å². The van der Waals surface area contributed by atoms with Crippen LogP contribution in [0.1, 0.15) is 32.3 Å². The highest BCUT2D eigenvalue weighted by Gasteiger charge is 2.46. The van der Waals surface area contributed by atoms with Gasteiger partial charge in [0.25, 0.3) is 0 Å². The highest BCUT2D eigenvalue weighted by Crippen LogP contribution is 2.29. The van der Waals surface area contributed by atoms with Crippen LogP contribution in [-0.4, -0.2) is 136 Å². The predicted molar refractivity (Wildman–Crippen MR) is 146 cm³/mol. The van der Waals surface area contributed by atoms with Crippen LogP contribution in [0.2, 0.25) is 0 Å². The lowest BCUT2D eigenvalue weighted by atomic mass is 10.0. The fourth-order valence-electron chi connectivity index (χ4n) is 6.20. The summed E-state index contributed by atoms with van der Waals surface area (Å²) < 4.78 is 11.9. The zero-order chi connectivity index (χ0) is 29.3. The van der Waals surface area contributed by atoms with Crippen molar-refractivity contribution in [2.24, 2.45) is 0 Å². The molecular formula is C28H41N5O8. The van der Waals surface area contributed by atoms with Crippen molar-refractivity contribution in [3.8, 4) is 5.75 Å². The van der Waals surface area contributed by atoms with E-state index in [9.17, 15) is 29.7 Å². The Hall–Kier alpha value is -2.97. The van der Waals surface area contributed by atoms with E-state index in [0.29, 0.717) is 38.2 Å². The Labute approximate surface area is 239 Å². The average molecular weight is 576 g/mol. The lowest BCUT2D eigenvalue weighted by molar-refractivity contribution is -0.144. The standard InChI is InChI=1S/C28H41N5O8/c1-16(2)29-28(39)33-14-19-13-31(7-8-40-19)27(38)20-9-18(12-32(20)11-17-5-3-4-6-21(17)34)30-24(35)10-22-25(36)26(37)23(15-33)41-22/h3-6,16,18-20,22-23,25-26,34,36-37H,7-15H2,1-2H3,(H,29,39)(H,30,35)/t18-,19-,20-,22-,23+,25-,26+/m0/s1. The van der Waals surface area contributed by atoms with Gasteiger partial charge >= 0.3 is 6.03 Å². The molecule has 1 aromatic rings. The van der Waals surface area contributed by atoms with Crippen LogP contribution in [0, 0.1) is 0 Å². The molecule has 6 bridgehead atoms. The Balaban J connectivity index is 1.42. The quantitative estimate of drug-likeness (QED) is 0.304. The zero-order valence-corrected chi connectivity index (χ0v) is 23.5. The number of carbonyl (C=O) groups excluding carboxylic acids is 3. The van der Waals surface area contributed by atoms with Crippen LogP contribution in [-0.2, 0) is 25.6 Å². The molecular weight excluding hydrogens is 534 g/mol. The number of fused-ring (bicyclic) bond motifs is 6. The maximum absolute atomic E-state index is 13.9. The van der Waals surface area contributed by atoms with Gasteiger partial charge in [-0.3, -0.25) is 14.5 Å². The van der Waals surface area contributed by atoms with E-state index in [0.717, 1.165) is 0 Å². The molecule has 4 amide bonds. The molecule has 13 nitrogen and oxygen atoms in total. The van der Waals surface area contributed by atoms with Gasteiger partial charge in [0.15, 0.2) is 0 Å². The molecule has 4 aliphatic heterocycles. The van der Waals surface area contributed by atoms with E-state index in [2.05, 4.69) is 10.6 Å².